The third-order valence-electron chi connectivity index (χ3n) is 1.78. The van der Waals surface area contributed by atoms with Crippen LogP contribution in [0.3, 0.4) is 0 Å². The number of nitrogens with zero attached hydrogens (tertiary/aromatic N) is 2. The Kier molecular flexibility index (Phi) is 4.19. The molecule has 0 atom stereocenters. The molecular weight excluding hydrogens is 222 g/mol. The largest absolute Gasteiger partial charge is 0.351 e. The normalized spacial score (nSPS) is 11.0. The molecule has 0 aliphatic rings. The Balaban J connectivity index is 2.24. The summed E-state index contributed by atoms with van der Waals surface area (Å²) < 4.78 is 0. The molecule has 0 aliphatic heterocycles. The number of carbonyl (C=O) groups excluding carboxylic acids is 2. The van der Waals surface area contributed by atoms with Gasteiger partial charge < -0.3 is 10.6 Å². The Morgan fingerprint density at radius 1 is 1.41 bits per heavy atom. The fourth-order valence-electron chi connectivity index (χ4n) is 1.17. The van der Waals surface area contributed by atoms with E-state index in [4.69, 9.17) is 0 Å². The SMILES string of the molecule is CC(C)(C)NC(=O)CCNC(=O)c1ncn[nH]1. The number of H-pyrrole nitrogens is 1. The molecule has 7 heteroatoms. The molecule has 1 aromatic rings. The van der Waals surface area contributed by atoms with E-state index in [9.17, 15) is 9.59 Å². The zero-order valence-electron chi connectivity index (χ0n) is 10.2. The quantitative estimate of drug-likeness (QED) is 0.679. The van der Waals surface area contributed by atoms with Crippen LogP contribution in [0.25, 0.3) is 0 Å². The molecule has 0 fully saturated rings. The van der Waals surface area contributed by atoms with Crippen LogP contribution in [-0.4, -0.2) is 39.1 Å². The number of hydrogen-bond acceptors (Lipinski definition) is 4. The second-order valence-corrected chi connectivity index (χ2v) is 4.64. The summed E-state index contributed by atoms with van der Waals surface area (Å²) in [6.07, 6.45) is 1.48. The maximum Gasteiger partial charge on any atom is 0.288 e. The van der Waals surface area contributed by atoms with E-state index in [1.165, 1.54) is 6.33 Å². The summed E-state index contributed by atoms with van der Waals surface area (Å²) in [5.74, 6) is -0.331. The molecule has 0 saturated carbocycles. The van der Waals surface area contributed by atoms with Gasteiger partial charge in [0.1, 0.15) is 6.33 Å². The molecule has 1 heterocycles. The van der Waals surface area contributed by atoms with Crippen LogP contribution >= 0.6 is 0 Å². The topological polar surface area (TPSA) is 99.8 Å². The van der Waals surface area contributed by atoms with Crippen LogP contribution < -0.4 is 10.6 Å². The fraction of sp³-hybridized carbons (Fsp3) is 0.600. The highest BCUT2D eigenvalue weighted by Crippen LogP contribution is 1.98. The third kappa shape index (κ3) is 5.10. The summed E-state index contributed by atoms with van der Waals surface area (Å²) >= 11 is 0. The first-order valence-electron chi connectivity index (χ1n) is 5.33. The molecule has 1 rings (SSSR count). The van der Waals surface area contributed by atoms with Gasteiger partial charge in [0.05, 0.1) is 0 Å². The summed E-state index contributed by atoms with van der Waals surface area (Å²) in [4.78, 5) is 26.5. The summed E-state index contributed by atoms with van der Waals surface area (Å²) in [6, 6.07) is 0. The molecule has 2 amide bonds. The fourth-order valence-corrected chi connectivity index (χ4v) is 1.17. The standard InChI is InChI=1S/C10H17N5O2/c1-10(2,3)14-7(16)4-5-11-9(17)8-12-6-13-15-8/h6H,4-5H2,1-3H3,(H,11,17)(H,14,16)(H,12,13,15). The predicted octanol–water partition coefficient (Wildman–Crippen LogP) is -0.161. The number of amides is 2. The first-order chi connectivity index (χ1) is 7.88. The molecule has 0 saturated heterocycles. The van der Waals surface area contributed by atoms with Crippen molar-refractivity contribution in [2.24, 2.45) is 0 Å². The first-order valence-corrected chi connectivity index (χ1v) is 5.33. The number of aromatic amines is 1. The van der Waals surface area contributed by atoms with E-state index < -0.39 is 0 Å². The van der Waals surface area contributed by atoms with Gasteiger partial charge in [-0.1, -0.05) is 0 Å². The Labute approximate surface area is 99.4 Å². The summed E-state index contributed by atoms with van der Waals surface area (Å²) in [5.41, 5.74) is -0.258. The van der Waals surface area contributed by atoms with Crippen molar-refractivity contribution in [3.63, 3.8) is 0 Å². The van der Waals surface area contributed by atoms with Gasteiger partial charge >= 0.3 is 0 Å². The highest BCUT2D eigenvalue weighted by molar-refractivity contribution is 5.90. The Morgan fingerprint density at radius 3 is 2.65 bits per heavy atom. The van der Waals surface area contributed by atoms with Crippen molar-refractivity contribution in [1.29, 1.82) is 0 Å². The van der Waals surface area contributed by atoms with Crippen molar-refractivity contribution in [1.82, 2.24) is 25.8 Å². The van der Waals surface area contributed by atoms with Gasteiger partial charge in [-0.25, -0.2) is 4.98 Å². The lowest BCUT2D eigenvalue weighted by Gasteiger charge is -2.20. The van der Waals surface area contributed by atoms with Gasteiger partial charge in [0, 0.05) is 18.5 Å². The number of rotatable bonds is 4. The van der Waals surface area contributed by atoms with Crippen molar-refractivity contribution in [3.05, 3.63) is 12.2 Å². The molecule has 0 unspecified atom stereocenters. The second-order valence-electron chi connectivity index (χ2n) is 4.64. The predicted molar refractivity (Wildman–Crippen MR) is 61.2 cm³/mol. The van der Waals surface area contributed by atoms with E-state index in [1.54, 1.807) is 0 Å². The molecule has 1 aromatic heterocycles. The van der Waals surface area contributed by atoms with Crippen molar-refractivity contribution >= 4 is 11.8 Å². The zero-order valence-corrected chi connectivity index (χ0v) is 10.2. The molecule has 0 aromatic carbocycles. The van der Waals surface area contributed by atoms with Crippen LogP contribution in [0.15, 0.2) is 6.33 Å². The van der Waals surface area contributed by atoms with Crippen molar-refractivity contribution in [2.45, 2.75) is 32.7 Å². The van der Waals surface area contributed by atoms with E-state index in [1.807, 2.05) is 20.8 Å². The van der Waals surface area contributed by atoms with Crippen LogP contribution in [0.1, 0.15) is 37.8 Å². The molecule has 0 bridgehead atoms. The van der Waals surface area contributed by atoms with Crippen LogP contribution in [0.4, 0.5) is 0 Å². The van der Waals surface area contributed by atoms with Gasteiger partial charge in [0.25, 0.3) is 5.91 Å². The smallest absolute Gasteiger partial charge is 0.288 e. The lowest BCUT2D eigenvalue weighted by molar-refractivity contribution is -0.122. The molecule has 0 spiro atoms. The molecule has 0 radical (unpaired) electrons. The highest BCUT2D eigenvalue weighted by atomic mass is 16.2. The van der Waals surface area contributed by atoms with Crippen LogP contribution in [0, 0.1) is 0 Å². The van der Waals surface area contributed by atoms with Gasteiger partial charge in [-0.15, -0.1) is 0 Å². The lowest BCUT2D eigenvalue weighted by Crippen LogP contribution is -2.42. The minimum Gasteiger partial charge on any atom is -0.351 e. The molecule has 7 nitrogen and oxygen atoms in total. The number of nitrogens with one attached hydrogen (secondary N) is 3. The zero-order chi connectivity index (χ0) is 12.9. The van der Waals surface area contributed by atoms with E-state index in [0.717, 1.165) is 0 Å². The number of hydrogen-bond donors (Lipinski definition) is 3. The van der Waals surface area contributed by atoms with E-state index >= 15 is 0 Å². The Hall–Kier alpha value is -1.92. The summed E-state index contributed by atoms with van der Waals surface area (Å²) in [7, 11) is 0. The van der Waals surface area contributed by atoms with Crippen molar-refractivity contribution < 1.29 is 9.59 Å². The van der Waals surface area contributed by atoms with E-state index in [0.29, 0.717) is 0 Å². The van der Waals surface area contributed by atoms with E-state index in [2.05, 4.69) is 25.8 Å². The van der Waals surface area contributed by atoms with E-state index in [-0.39, 0.29) is 36.1 Å². The molecule has 94 valence electrons. The second kappa shape index (κ2) is 5.42. The number of carbonyl (C=O) groups is 2. The highest BCUT2D eigenvalue weighted by Gasteiger charge is 2.14. The van der Waals surface area contributed by atoms with Crippen LogP contribution in [0.5, 0.6) is 0 Å². The molecule has 17 heavy (non-hydrogen) atoms. The average Bonchev–Trinajstić information content (AvgIpc) is 2.66. The minimum atomic E-state index is -0.369. The lowest BCUT2D eigenvalue weighted by atomic mass is 10.1. The molecule has 3 N–H and O–H groups in total. The van der Waals surface area contributed by atoms with Gasteiger partial charge in [-0.3, -0.25) is 14.7 Å². The van der Waals surface area contributed by atoms with Gasteiger partial charge in [-0.05, 0) is 20.8 Å². The minimum absolute atomic E-state index is 0.102. The number of aromatic nitrogens is 3. The maximum absolute atomic E-state index is 11.4. The average molecular weight is 239 g/mol. The maximum atomic E-state index is 11.4. The Bertz CT molecular complexity index is 380. The van der Waals surface area contributed by atoms with Crippen LogP contribution in [0.2, 0.25) is 0 Å². The monoisotopic (exact) mass is 239 g/mol. The summed E-state index contributed by atoms with van der Waals surface area (Å²) in [5, 5.41) is 11.4. The molecule has 0 aliphatic carbocycles. The first kappa shape index (κ1) is 13.1. The van der Waals surface area contributed by atoms with Crippen molar-refractivity contribution in [3.8, 4) is 0 Å². The van der Waals surface area contributed by atoms with Gasteiger partial charge in [0.15, 0.2) is 0 Å². The van der Waals surface area contributed by atoms with Crippen LogP contribution in [-0.2, 0) is 4.79 Å². The van der Waals surface area contributed by atoms with Gasteiger partial charge in [0.2, 0.25) is 11.7 Å². The van der Waals surface area contributed by atoms with Gasteiger partial charge in [-0.2, -0.15) is 5.10 Å². The third-order valence-corrected chi connectivity index (χ3v) is 1.78. The molecular formula is C10H17N5O2. The summed E-state index contributed by atoms with van der Waals surface area (Å²) in [6.45, 7) is 5.97. The Morgan fingerprint density at radius 2 is 2.12 bits per heavy atom. The van der Waals surface area contributed by atoms with Crippen molar-refractivity contribution in [2.75, 3.05) is 6.54 Å².